The molecular formula is C25H25N5O5. The summed E-state index contributed by atoms with van der Waals surface area (Å²) in [6.45, 7) is 1.26. The van der Waals surface area contributed by atoms with Crippen LogP contribution in [0, 0.1) is 0 Å². The maximum atomic E-state index is 13.2. The summed E-state index contributed by atoms with van der Waals surface area (Å²) in [7, 11) is 3.00. The molecule has 1 atom stereocenters. The van der Waals surface area contributed by atoms with Crippen molar-refractivity contribution < 1.29 is 19.1 Å². The highest BCUT2D eigenvalue weighted by atomic mass is 16.5. The summed E-state index contributed by atoms with van der Waals surface area (Å²) in [6, 6.07) is 13.1. The zero-order valence-electron chi connectivity index (χ0n) is 19.4. The van der Waals surface area contributed by atoms with Crippen LogP contribution in [0.25, 0.3) is 0 Å². The van der Waals surface area contributed by atoms with E-state index in [2.05, 4.69) is 26.7 Å². The Labute approximate surface area is 201 Å². The molecule has 0 spiro atoms. The summed E-state index contributed by atoms with van der Waals surface area (Å²) in [6.07, 6.45) is 0.649. The maximum Gasteiger partial charge on any atom is 0.258 e. The third-order valence-electron chi connectivity index (χ3n) is 6.35. The standard InChI is InChI=1S/C25H25N5O5/c1-34-16-7-8-18(19(11-16)35-2)26-23(32)17-12-20(31)27-22-21(17)24(33)29-25(28-22)30-10-9-14-5-3-4-6-15(14)13-30/h3-8,11,17H,9-10,12-13H2,1-2H3,(H,26,32)(H2,27,28,29,31,33). The molecule has 0 fully saturated rings. The molecule has 10 heteroatoms. The van der Waals surface area contributed by atoms with E-state index in [1.54, 1.807) is 18.2 Å². The minimum absolute atomic E-state index is 0.112. The molecule has 10 nitrogen and oxygen atoms in total. The fourth-order valence-corrected chi connectivity index (χ4v) is 4.53. The van der Waals surface area contributed by atoms with E-state index < -0.39 is 17.4 Å². The van der Waals surface area contributed by atoms with E-state index in [9.17, 15) is 14.4 Å². The van der Waals surface area contributed by atoms with Crippen molar-refractivity contribution in [2.45, 2.75) is 25.3 Å². The number of hydrogen-bond donors (Lipinski definition) is 3. The van der Waals surface area contributed by atoms with Crippen molar-refractivity contribution in [1.82, 2.24) is 9.97 Å². The molecule has 3 N–H and O–H groups in total. The van der Waals surface area contributed by atoms with Gasteiger partial charge in [-0.2, -0.15) is 4.98 Å². The van der Waals surface area contributed by atoms with E-state index in [0.717, 1.165) is 12.0 Å². The molecule has 2 aliphatic heterocycles. The van der Waals surface area contributed by atoms with Crippen molar-refractivity contribution in [3.63, 3.8) is 0 Å². The molecular weight excluding hydrogens is 450 g/mol. The predicted molar refractivity (Wildman–Crippen MR) is 130 cm³/mol. The normalized spacial score (nSPS) is 16.6. The lowest BCUT2D eigenvalue weighted by Crippen LogP contribution is -2.38. The number of nitrogens with zero attached hydrogens (tertiary/aromatic N) is 2. The van der Waals surface area contributed by atoms with E-state index in [4.69, 9.17) is 9.47 Å². The summed E-state index contributed by atoms with van der Waals surface area (Å²) < 4.78 is 10.5. The summed E-state index contributed by atoms with van der Waals surface area (Å²) in [5.41, 5.74) is 2.51. The molecule has 0 bridgehead atoms. The number of methoxy groups -OCH3 is 2. The Morgan fingerprint density at radius 2 is 1.91 bits per heavy atom. The molecule has 2 amide bonds. The number of aromatic nitrogens is 2. The van der Waals surface area contributed by atoms with Crippen LogP contribution in [0.3, 0.4) is 0 Å². The van der Waals surface area contributed by atoms with Gasteiger partial charge >= 0.3 is 0 Å². The fourth-order valence-electron chi connectivity index (χ4n) is 4.53. The first-order valence-corrected chi connectivity index (χ1v) is 11.3. The molecule has 0 aliphatic carbocycles. The number of hydrogen-bond acceptors (Lipinski definition) is 7. The Morgan fingerprint density at radius 3 is 2.69 bits per heavy atom. The number of ether oxygens (including phenoxy) is 2. The molecule has 2 aliphatic rings. The van der Waals surface area contributed by atoms with Gasteiger partial charge in [0.05, 0.1) is 31.4 Å². The van der Waals surface area contributed by atoms with Gasteiger partial charge in [-0.15, -0.1) is 0 Å². The highest BCUT2D eigenvalue weighted by Crippen LogP contribution is 2.34. The quantitative estimate of drug-likeness (QED) is 0.517. The van der Waals surface area contributed by atoms with Gasteiger partial charge in [-0.1, -0.05) is 24.3 Å². The van der Waals surface area contributed by atoms with E-state index in [0.29, 0.717) is 36.2 Å². The van der Waals surface area contributed by atoms with Crippen LogP contribution in [-0.2, 0) is 22.6 Å². The number of H-pyrrole nitrogens is 1. The largest absolute Gasteiger partial charge is 0.497 e. The van der Waals surface area contributed by atoms with Crippen LogP contribution >= 0.6 is 0 Å². The van der Waals surface area contributed by atoms with Gasteiger partial charge < -0.3 is 25.0 Å². The average Bonchev–Trinajstić information content (AvgIpc) is 2.87. The third-order valence-corrected chi connectivity index (χ3v) is 6.35. The van der Waals surface area contributed by atoms with Gasteiger partial charge in [0.2, 0.25) is 17.8 Å². The molecule has 2 aromatic carbocycles. The second-order valence-corrected chi connectivity index (χ2v) is 8.45. The van der Waals surface area contributed by atoms with Gasteiger partial charge in [0.25, 0.3) is 5.56 Å². The number of benzene rings is 2. The van der Waals surface area contributed by atoms with Crippen LogP contribution in [0.5, 0.6) is 11.5 Å². The lowest BCUT2D eigenvalue weighted by atomic mass is 9.92. The fraction of sp³-hybridized carbons (Fsp3) is 0.280. The summed E-state index contributed by atoms with van der Waals surface area (Å²) in [4.78, 5) is 48.1. The highest BCUT2D eigenvalue weighted by molar-refractivity contribution is 6.05. The number of anilines is 3. The minimum atomic E-state index is -1.00. The van der Waals surface area contributed by atoms with Gasteiger partial charge in [-0.25, -0.2) is 0 Å². The number of fused-ring (bicyclic) bond motifs is 2. The number of nitrogens with one attached hydrogen (secondary N) is 3. The van der Waals surface area contributed by atoms with Crippen molar-refractivity contribution in [2.24, 2.45) is 0 Å². The van der Waals surface area contributed by atoms with Crippen LogP contribution < -0.4 is 30.6 Å². The summed E-state index contributed by atoms with van der Waals surface area (Å²) in [5, 5.41) is 5.44. The van der Waals surface area contributed by atoms with Crippen molar-refractivity contribution in [3.8, 4) is 11.5 Å². The van der Waals surface area contributed by atoms with Crippen LogP contribution in [0.2, 0.25) is 0 Å². The number of carbonyl (C=O) groups is 2. The smallest absolute Gasteiger partial charge is 0.258 e. The first-order chi connectivity index (χ1) is 17.0. The molecule has 180 valence electrons. The van der Waals surface area contributed by atoms with E-state index in [1.807, 2.05) is 23.1 Å². The SMILES string of the molecule is COc1ccc(NC(=O)C2CC(=O)Nc3nc(N4CCc5ccccc5C4)[nH]c(=O)c32)c(OC)c1. The maximum absolute atomic E-state index is 13.2. The Morgan fingerprint density at radius 1 is 1.11 bits per heavy atom. The van der Waals surface area contributed by atoms with Crippen LogP contribution in [0.4, 0.5) is 17.5 Å². The van der Waals surface area contributed by atoms with Crippen molar-refractivity contribution in [2.75, 3.05) is 36.3 Å². The molecule has 0 saturated heterocycles. The monoisotopic (exact) mass is 475 g/mol. The Kier molecular flexibility index (Phi) is 5.86. The topological polar surface area (TPSA) is 126 Å². The zero-order valence-corrected chi connectivity index (χ0v) is 19.4. The number of amides is 2. The van der Waals surface area contributed by atoms with Crippen LogP contribution in [0.15, 0.2) is 47.3 Å². The first-order valence-electron chi connectivity index (χ1n) is 11.3. The molecule has 5 rings (SSSR count). The zero-order chi connectivity index (χ0) is 24.5. The first kappa shape index (κ1) is 22.5. The number of carbonyl (C=O) groups excluding carboxylic acids is 2. The van der Waals surface area contributed by atoms with Crippen molar-refractivity contribution >= 4 is 29.3 Å². The number of aromatic amines is 1. The van der Waals surface area contributed by atoms with Gasteiger partial charge in [0, 0.05) is 25.6 Å². The Hall–Kier alpha value is -4.34. The summed E-state index contributed by atoms with van der Waals surface area (Å²) >= 11 is 0. The lowest BCUT2D eigenvalue weighted by molar-refractivity contribution is -0.123. The summed E-state index contributed by atoms with van der Waals surface area (Å²) in [5.74, 6) is -0.453. The van der Waals surface area contributed by atoms with Crippen LogP contribution in [-0.4, -0.2) is 42.5 Å². The molecule has 35 heavy (non-hydrogen) atoms. The molecule has 3 heterocycles. The average molecular weight is 476 g/mol. The van der Waals surface area contributed by atoms with Gasteiger partial charge in [-0.05, 0) is 29.7 Å². The van der Waals surface area contributed by atoms with E-state index >= 15 is 0 Å². The van der Waals surface area contributed by atoms with E-state index in [-0.39, 0.29) is 23.7 Å². The second kappa shape index (κ2) is 9.13. The van der Waals surface area contributed by atoms with Crippen LogP contribution in [0.1, 0.15) is 29.0 Å². The minimum Gasteiger partial charge on any atom is -0.497 e. The van der Waals surface area contributed by atoms with Gasteiger partial charge in [0.15, 0.2) is 0 Å². The second-order valence-electron chi connectivity index (χ2n) is 8.45. The third kappa shape index (κ3) is 4.30. The van der Waals surface area contributed by atoms with Crippen molar-refractivity contribution in [3.05, 3.63) is 69.5 Å². The molecule has 1 unspecified atom stereocenters. The van der Waals surface area contributed by atoms with Gasteiger partial charge in [-0.3, -0.25) is 19.4 Å². The van der Waals surface area contributed by atoms with Crippen molar-refractivity contribution in [1.29, 1.82) is 0 Å². The van der Waals surface area contributed by atoms with Gasteiger partial charge in [0.1, 0.15) is 17.3 Å². The highest BCUT2D eigenvalue weighted by Gasteiger charge is 2.35. The molecule has 0 saturated carbocycles. The van der Waals surface area contributed by atoms with E-state index in [1.165, 1.54) is 19.8 Å². The predicted octanol–water partition coefficient (Wildman–Crippen LogP) is 2.41. The Balaban J connectivity index is 1.44. The lowest BCUT2D eigenvalue weighted by Gasteiger charge is -2.30. The Bertz CT molecular complexity index is 1370. The molecule has 1 aromatic heterocycles. The molecule has 3 aromatic rings. The molecule has 0 radical (unpaired) electrons. The number of rotatable bonds is 5.